The zero-order valence-electron chi connectivity index (χ0n) is 10.5. The van der Waals surface area contributed by atoms with Gasteiger partial charge in [-0.25, -0.2) is 0 Å². The minimum absolute atomic E-state index is 0.0799. The molecule has 1 heterocycles. The molecule has 4 heteroatoms. The van der Waals surface area contributed by atoms with Crippen LogP contribution in [-0.4, -0.2) is 23.8 Å². The third-order valence-corrected chi connectivity index (χ3v) is 3.16. The van der Waals surface area contributed by atoms with Crippen molar-refractivity contribution in [2.24, 2.45) is 11.0 Å². The van der Waals surface area contributed by atoms with E-state index in [1.54, 1.807) is 11.9 Å². The van der Waals surface area contributed by atoms with E-state index in [4.69, 9.17) is 0 Å². The Hall–Kier alpha value is -1.97. The molecule has 0 saturated heterocycles. The van der Waals surface area contributed by atoms with Crippen molar-refractivity contribution in [3.63, 3.8) is 0 Å². The summed E-state index contributed by atoms with van der Waals surface area (Å²) >= 11 is 0. The van der Waals surface area contributed by atoms with Crippen molar-refractivity contribution in [2.45, 2.75) is 26.3 Å². The van der Waals surface area contributed by atoms with Gasteiger partial charge in [-0.2, -0.15) is 5.10 Å². The number of hydrazone groups is 1. The fourth-order valence-electron chi connectivity index (χ4n) is 2.27. The van der Waals surface area contributed by atoms with Gasteiger partial charge in [0.25, 0.3) is 0 Å². The number of benzene rings is 1. The Bertz CT molecular complexity index is 482. The molecule has 2 unspecified atom stereocenters. The molecule has 1 aliphatic rings. The van der Waals surface area contributed by atoms with E-state index in [0.717, 1.165) is 17.7 Å². The van der Waals surface area contributed by atoms with Gasteiger partial charge in [-0.15, -0.1) is 0 Å². The molecule has 0 fully saturated rings. The molecule has 0 spiro atoms. The number of aldehydes is 1. The zero-order valence-corrected chi connectivity index (χ0v) is 10.5. The van der Waals surface area contributed by atoms with E-state index >= 15 is 0 Å². The number of hydrogen-bond donors (Lipinski definition) is 0. The van der Waals surface area contributed by atoms with Gasteiger partial charge >= 0.3 is 0 Å². The molecular formula is C14H16N2O2. The van der Waals surface area contributed by atoms with Crippen molar-refractivity contribution in [1.82, 2.24) is 0 Å². The van der Waals surface area contributed by atoms with Crippen molar-refractivity contribution < 1.29 is 9.59 Å². The zero-order chi connectivity index (χ0) is 13.1. The van der Waals surface area contributed by atoms with Gasteiger partial charge in [-0.05, 0) is 26.0 Å². The van der Waals surface area contributed by atoms with Gasteiger partial charge in [0.05, 0.1) is 5.69 Å². The molecule has 0 radical (unpaired) electrons. The Morgan fingerprint density at radius 3 is 2.61 bits per heavy atom. The molecule has 2 atom stereocenters. The number of para-hydroxylation sites is 1. The molecule has 0 amide bonds. The van der Waals surface area contributed by atoms with Gasteiger partial charge in [0, 0.05) is 18.1 Å². The van der Waals surface area contributed by atoms with E-state index in [9.17, 15) is 9.59 Å². The molecule has 18 heavy (non-hydrogen) atoms. The number of ketones is 1. The second-order valence-electron chi connectivity index (χ2n) is 4.56. The number of carbonyl (C=O) groups is 2. The van der Waals surface area contributed by atoms with Crippen LogP contribution in [0.25, 0.3) is 0 Å². The fourth-order valence-corrected chi connectivity index (χ4v) is 2.27. The lowest BCUT2D eigenvalue weighted by Crippen LogP contribution is -2.35. The van der Waals surface area contributed by atoms with Crippen LogP contribution in [0.2, 0.25) is 0 Å². The highest BCUT2D eigenvalue weighted by Gasteiger charge is 2.36. The molecule has 1 aromatic rings. The van der Waals surface area contributed by atoms with Crippen LogP contribution in [0.5, 0.6) is 0 Å². The second-order valence-corrected chi connectivity index (χ2v) is 4.56. The highest BCUT2D eigenvalue weighted by molar-refractivity contribution is 5.96. The highest BCUT2D eigenvalue weighted by atomic mass is 16.1. The summed E-state index contributed by atoms with van der Waals surface area (Å²) in [5.41, 5.74) is 1.71. The predicted molar refractivity (Wildman–Crippen MR) is 70.7 cm³/mol. The maximum Gasteiger partial charge on any atom is 0.145 e. The van der Waals surface area contributed by atoms with Crippen LogP contribution in [0, 0.1) is 5.92 Å². The number of nitrogens with zero attached hydrogens (tertiary/aromatic N) is 2. The monoisotopic (exact) mass is 244 g/mol. The normalized spacial score (nSPS) is 22.8. The van der Waals surface area contributed by atoms with Crippen LogP contribution < -0.4 is 5.01 Å². The number of rotatable bonds is 4. The Kier molecular flexibility index (Phi) is 3.55. The minimum atomic E-state index is -0.378. The van der Waals surface area contributed by atoms with Gasteiger partial charge in [-0.3, -0.25) is 5.01 Å². The van der Waals surface area contributed by atoms with E-state index in [2.05, 4.69) is 5.10 Å². The van der Waals surface area contributed by atoms with Gasteiger partial charge in [0.1, 0.15) is 18.1 Å². The molecule has 94 valence electrons. The molecule has 2 rings (SSSR count). The van der Waals surface area contributed by atoms with Crippen molar-refractivity contribution >= 4 is 23.5 Å². The smallest absolute Gasteiger partial charge is 0.145 e. The SMILES string of the molecule is CC(=O)CC1C(C)=NN(c2ccccc2)C1C=O. The first kappa shape index (κ1) is 12.5. The van der Waals surface area contributed by atoms with Crippen LogP contribution in [0.1, 0.15) is 20.3 Å². The summed E-state index contributed by atoms with van der Waals surface area (Å²) in [6.07, 6.45) is 1.24. The van der Waals surface area contributed by atoms with Gasteiger partial charge in [0.2, 0.25) is 0 Å². The van der Waals surface area contributed by atoms with Crippen molar-refractivity contribution in [2.75, 3.05) is 5.01 Å². The summed E-state index contributed by atoms with van der Waals surface area (Å²) in [4.78, 5) is 22.6. The average Bonchev–Trinajstić information content (AvgIpc) is 2.67. The summed E-state index contributed by atoms with van der Waals surface area (Å²) < 4.78 is 0. The summed E-state index contributed by atoms with van der Waals surface area (Å²) in [6, 6.07) is 9.16. The van der Waals surface area contributed by atoms with E-state index in [-0.39, 0.29) is 17.7 Å². The van der Waals surface area contributed by atoms with Gasteiger partial charge in [0.15, 0.2) is 0 Å². The van der Waals surface area contributed by atoms with E-state index < -0.39 is 0 Å². The van der Waals surface area contributed by atoms with E-state index in [1.807, 2.05) is 37.3 Å². The topological polar surface area (TPSA) is 49.7 Å². The number of Topliss-reactive ketones (excluding diaryl/α,β-unsaturated/α-hetero) is 1. The second kappa shape index (κ2) is 5.12. The average molecular weight is 244 g/mol. The Morgan fingerprint density at radius 1 is 1.39 bits per heavy atom. The standard InChI is InChI=1S/C14H16N2O2/c1-10(18)8-13-11(2)15-16(14(13)9-17)12-6-4-3-5-7-12/h3-7,9,13-14H,8H2,1-2H3. The van der Waals surface area contributed by atoms with Crippen LogP contribution in [0.4, 0.5) is 5.69 Å². The van der Waals surface area contributed by atoms with E-state index in [1.165, 1.54) is 0 Å². The lowest BCUT2D eigenvalue weighted by Gasteiger charge is -2.22. The number of hydrogen-bond acceptors (Lipinski definition) is 4. The number of carbonyl (C=O) groups excluding carboxylic acids is 2. The molecule has 0 bridgehead atoms. The maximum absolute atomic E-state index is 11.3. The molecule has 1 aromatic carbocycles. The van der Waals surface area contributed by atoms with E-state index in [0.29, 0.717) is 6.42 Å². The molecule has 1 aliphatic heterocycles. The van der Waals surface area contributed by atoms with Crippen LogP contribution in [0.3, 0.4) is 0 Å². The van der Waals surface area contributed by atoms with Gasteiger partial charge < -0.3 is 9.59 Å². The Labute approximate surface area is 106 Å². The molecule has 0 aliphatic carbocycles. The third-order valence-electron chi connectivity index (χ3n) is 3.16. The first-order chi connectivity index (χ1) is 8.63. The molecule has 0 saturated carbocycles. The summed E-state index contributed by atoms with van der Waals surface area (Å²) in [5.74, 6) is -0.0310. The Morgan fingerprint density at radius 2 is 2.06 bits per heavy atom. The maximum atomic E-state index is 11.3. The first-order valence-electron chi connectivity index (χ1n) is 5.97. The summed E-state index contributed by atoms with van der Waals surface area (Å²) in [5, 5.41) is 6.12. The molecule has 4 nitrogen and oxygen atoms in total. The van der Waals surface area contributed by atoms with Crippen molar-refractivity contribution in [1.29, 1.82) is 0 Å². The van der Waals surface area contributed by atoms with Crippen molar-refractivity contribution in [3.05, 3.63) is 30.3 Å². The third kappa shape index (κ3) is 2.32. The summed E-state index contributed by atoms with van der Waals surface area (Å²) in [7, 11) is 0. The van der Waals surface area contributed by atoms with Crippen LogP contribution in [0.15, 0.2) is 35.4 Å². The largest absolute Gasteiger partial charge is 0.301 e. The van der Waals surface area contributed by atoms with Crippen molar-refractivity contribution in [3.8, 4) is 0 Å². The van der Waals surface area contributed by atoms with Crippen LogP contribution in [-0.2, 0) is 9.59 Å². The van der Waals surface area contributed by atoms with Gasteiger partial charge in [-0.1, -0.05) is 18.2 Å². The minimum Gasteiger partial charge on any atom is -0.301 e. The lowest BCUT2D eigenvalue weighted by atomic mass is 9.92. The molecular weight excluding hydrogens is 228 g/mol. The fraction of sp³-hybridized carbons (Fsp3) is 0.357. The molecule has 0 N–H and O–H groups in total. The van der Waals surface area contributed by atoms with Crippen LogP contribution >= 0.6 is 0 Å². The highest BCUT2D eigenvalue weighted by Crippen LogP contribution is 2.29. The first-order valence-corrected chi connectivity index (χ1v) is 5.97. The summed E-state index contributed by atoms with van der Waals surface area (Å²) in [6.45, 7) is 3.41. The lowest BCUT2D eigenvalue weighted by molar-refractivity contribution is -0.117. The molecule has 0 aromatic heterocycles. The predicted octanol–water partition coefficient (Wildman–Crippen LogP) is 2.05. The quantitative estimate of drug-likeness (QED) is 0.762. The number of anilines is 1. The Balaban J connectivity index is 2.29.